The molecule has 0 aliphatic heterocycles. The van der Waals surface area contributed by atoms with Crippen LogP contribution in [-0.4, -0.2) is 29.9 Å². The van der Waals surface area contributed by atoms with Gasteiger partial charge in [-0.1, -0.05) is 12.1 Å². The van der Waals surface area contributed by atoms with E-state index < -0.39 is 30.5 Å². The number of nitrogens with one attached hydrogen (secondary N) is 1. The van der Waals surface area contributed by atoms with Crippen LogP contribution in [0.3, 0.4) is 0 Å². The first-order chi connectivity index (χ1) is 8.76. The molecule has 0 aromatic heterocycles. The molecule has 2 N–H and O–H groups in total. The lowest BCUT2D eigenvalue weighted by atomic mass is 10.1. The standard InChI is InChI=1S/C11H10F3NO4/c12-11(13,14)19-8-3-1-2-7(4-8)5-9(16)15-6-10(17)18/h1-4H,5-6H2,(H,15,16)(H,17,18). The van der Waals surface area contributed by atoms with E-state index in [1.807, 2.05) is 0 Å². The van der Waals surface area contributed by atoms with E-state index in [2.05, 4.69) is 10.1 Å². The molecule has 0 saturated heterocycles. The molecule has 1 rings (SSSR count). The monoisotopic (exact) mass is 277 g/mol. The fourth-order valence-corrected chi connectivity index (χ4v) is 1.27. The summed E-state index contributed by atoms with van der Waals surface area (Å²) in [5.74, 6) is -2.25. The molecule has 19 heavy (non-hydrogen) atoms. The molecule has 5 nitrogen and oxygen atoms in total. The van der Waals surface area contributed by atoms with Gasteiger partial charge < -0.3 is 15.2 Å². The minimum absolute atomic E-state index is 0.234. The van der Waals surface area contributed by atoms with Gasteiger partial charge in [-0.05, 0) is 17.7 Å². The Bertz CT molecular complexity index is 473. The Balaban J connectivity index is 2.62. The smallest absolute Gasteiger partial charge is 0.480 e. The fraction of sp³-hybridized carbons (Fsp3) is 0.273. The zero-order valence-corrected chi connectivity index (χ0v) is 9.53. The van der Waals surface area contributed by atoms with Crippen LogP contribution in [0.5, 0.6) is 5.75 Å². The SMILES string of the molecule is O=C(O)CNC(=O)Cc1cccc(OC(F)(F)F)c1. The van der Waals surface area contributed by atoms with Crippen LogP contribution < -0.4 is 10.1 Å². The van der Waals surface area contributed by atoms with Crippen molar-refractivity contribution in [3.8, 4) is 5.75 Å². The maximum Gasteiger partial charge on any atom is 0.573 e. The first-order valence-electron chi connectivity index (χ1n) is 5.09. The quantitative estimate of drug-likeness (QED) is 0.851. The van der Waals surface area contributed by atoms with Crippen molar-refractivity contribution < 1.29 is 32.6 Å². The molecule has 0 radical (unpaired) electrons. The van der Waals surface area contributed by atoms with E-state index in [4.69, 9.17) is 5.11 Å². The first-order valence-corrected chi connectivity index (χ1v) is 5.09. The summed E-state index contributed by atoms with van der Waals surface area (Å²) in [5, 5.41) is 10.4. The highest BCUT2D eigenvalue weighted by Gasteiger charge is 2.31. The molecule has 0 heterocycles. The highest BCUT2D eigenvalue weighted by Crippen LogP contribution is 2.23. The predicted octanol–water partition coefficient (Wildman–Crippen LogP) is 1.33. The fourth-order valence-electron chi connectivity index (χ4n) is 1.27. The first kappa shape index (κ1) is 14.8. The van der Waals surface area contributed by atoms with Crippen LogP contribution in [0.25, 0.3) is 0 Å². The van der Waals surface area contributed by atoms with E-state index in [1.165, 1.54) is 12.1 Å². The molecule has 0 aliphatic carbocycles. The number of halogens is 3. The summed E-state index contributed by atoms with van der Waals surface area (Å²) >= 11 is 0. The lowest BCUT2D eigenvalue weighted by Crippen LogP contribution is -2.30. The Labute approximate surface area is 106 Å². The predicted molar refractivity (Wildman–Crippen MR) is 57.5 cm³/mol. The average molecular weight is 277 g/mol. The summed E-state index contributed by atoms with van der Waals surface area (Å²) in [4.78, 5) is 21.5. The normalized spacial score (nSPS) is 10.9. The molecule has 0 unspecified atom stereocenters. The van der Waals surface area contributed by atoms with E-state index in [0.717, 1.165) is 12.1 Å². The summed E-state index contributed by atoms with van der Waals surface area (Å²) in [7, 11) is 0. The second-order valence-corrected chi connectivity index (χ2v) is 3.54. The van der Waals surface area contributed by atoms with Gasteiger partial charge >= 0.3 is 12.3 Å². The third kappa shape index (κ3) is 6.29. The number of carbonyl (C=O) groups is 2. The lowest BCUT2D eigenvalue weighted by Gasteiger charge is -2.09. The number of carboxylic acid groups (broad SMARTS) is 1. The van der Waals surface area contributed by atoms with Crippen LogP contribution in [0.2, 0.25) is 0 Å². The number of carbonyl (C=O) groups excluding carboxylic acids is 1. The lowest BCUT2D eigenvalue weighted by molar-refractivity contribution is -0.274. The molecular formula is C11H10F3NO4. The average Bonchev–Trinajstić information content (AvgIpc) is 2.24. The number of amides is 1. The van der Waals surface area contributed by atoms with Gasteiger partial charge in [0, 0.05) is 0 Å². The molecule has 0 aliphatic rings. The Morgan fingerprint density at radius 1 is 1.32 bits per heavy atom. The van der Waals surface area contributed by atoms with Crippen molar-refractivity contribution in [1.29, 1.82) is 0 Å². The molecular weight excluding hydrogens is 267 g/mol. The van der Waals surface area contributed by atoms with Crippen LogP contribution in [0.1, 0.15) is 5.56 Å². The molecule has 0 spiro atoms. The number of ether oxygens (including phenoxy) is 1. The topological polar surface area (TPSA) is 75.6 Å². The van der Waals surface area contributed by atoms with Crippen LogP contribution in [0.4, 0.5) is 13.2 Å². The minimum atomic E-state index is -4.80. The molecule has 0 atom stereocenters. The summed E-state index contributed by atoms with van der Waals surface area (Å²) in [6.07, 6.45) is -5.04. The van der Waals surface area contributed by atoms with Gasteiger partial charge in [0.25, 0.3) is 0 Å². The van der Waals surface area contributed by atoms with Crippen LogP contribution >= 0.6 is 0 Å². The summed E-state index contributed by atoms with van der Waals surface area (Å²) in [6, 6.07) is 4.91. The summed E-state index contributed by atoms with van der Waals surface area (Å²) in [5.41, 5.74) is 0.282. The third-order valence-corrected chi connectivity index (χ3v) is 1.93. The highest BCUT2D eigenvalue weighted by molar-refractivity contribution is 5.82. The van der Waals surface area contributed by atoms with Crippen molar-refractivity contribution >= 4 is 11.9 Å². The van der Waals surface area contributed by atoms with Gasteiger partial charge in [0.2, 0.25) is 5.91 Å². The van der Waals surface area contributed by atoms with Gasteiger partial charge in [-0.15, -0.1) is 13.2 Å². The Hall–Kier alpha value is -2.25. The van der Waals surface area contributed by atoms with Crippen molar-refractivity contribution in [2.45, 2.75) is 12.8 Å². The van der Waals surface area contributed by atoms with Gasteiger partial charge in [-0.3, -0.25) is 9.59 Å². The molecule has 1 amide bonds. The van der Waals surface area contributed by atoms with Gasteiger partial charge in [-0.25, -0.2) is 0 Å². The molecule has 0 saturated carbocycles. The van der Waals surface area contributed by atoms with E-state index in [9.17, 15) is 22.8 Å². The minimum Gasteiger partial charge on any atom is -0.480 e. The number of hydrogen-bond donors (Lipinski definition) is 2. The van der Waals surface area contributed by atoms with Gasteiger partial charge in [0.1, 0.15) is 12.3 Å². The van der Waals surface area contributed by atoms with Crippen LogP contribution in [-0.2, 0) is 16.0 Å². The number of aliphatic carboxylic acids is 1. The van der Waals surface area contributed by atoms with Crippen molar-refractivity contribution in [2.75, 3.05) is 6.54 Å². The van der Waals surface area contributed by atoms with Crippen molar-refractivity contribution in [3.63, 3.8) is 0 Å². The number of alkyl halides is 3. The second-order valence-electron chi connectivity index (χ2n) is 3.54. The zero-order valence-electron chi connectivity index (χ0n) is 9.53. The maximum atomic E-state index is 12.0. The summed E-state index contributed by atoms with van der Waals surface area (Å²) in [6.45, 7) is -0.544. The van der Waals surface area contributed by atoms with Gasteiger partial charge in [0.15, 0.2) is 0 Å². The molecule has 1 aromatic carbocycles. The Kier molecular flexibility index (Phi) is 4.74. The molecule has 0 fully saturated rings. The van der Waals surface area contributed by atoms with E-state index >= 15 is 0 Å². The third-order valence-electron chi connectivity index (χ3n) is 1.93. The number of hydrogen-bond acceptors (Lipinski definition) is 3. The van der Waals surface area contributed by atoms with E-state index in [0.29, 0.717) is 0 Å². The van der Waals surface area contributed by atoms with Crippen LogP contribution in [0.15, 0.2) is 24.3 Å². The van der Waals surface area contributed by atoms with Crippen molar-refractivity contribution in [3.05, 3.63) is 29.8 Å². The number of carboxylic acids is 1. The van der Waals surface area contributed by atoms with Crippen LogP contribution in [0, 0.1) is 0 Å². The number of rotatable bonds is 5. The molecule has 104 valence electrons. The maximum absolute atomic E-state index is 12.0. The second kappa shape index (κ2) is 6.07. The highest BCUT2D eigenvalue weighted by atomic mass is 19.4. The van der Waals surface area contributed by atoms with Gasteiger partial charge in [0.05, 0.1) is 6.42 Å². The van der Waals surface area contributed by atoms with E-state index in [1.54, 1.807) is 0 Å². The van der Waals surface area contributed by atoms with E-state index in [-0.39, 0.29) is 12.0 Å². The summed E-state index contributed by atoms with van der Waals surface area (Å²) < 4.78 is 39.6. The molecule has 8 heteroatoms. The van der Waals surface area contributed by atoms with Gasteiger partial charge in [-0.2, -0.15) is 0 Å². The molecule has 1 aromatic rings. The Morgan fingerprint density at radius 3 is 2.58 bits per heavy atom. The van der Waals surface area contributed by atoms with Crippen molar-refractivity contribution in [2.24, 2.45) is 0 Å². The van der Waals surface area contributed by atoms with Crippen molar-refractivity contribution in [1.82, 2.24) is 5.32 Å². The molecule has 0 bridgehead atoms. The largest absolute Gasteiger partial charge is 0.573 e. The number of benzene rings is 1. The Morgan fingerprint density at radius 2 is 2.00 bits per heavy atom. The zero-order chi connectivity index (χ0) is 14.5.